The second kappa shape index (κ2) is 9.59. The van der Waals surface area contributed by atoms with Crippen molar-refractivity contribution in [3.63, 3.8) is 0 Å². The molecule has 158 valence electrons. The van der Waals surface area contributed by atoms with Crippen LogP contribution in [-0.2, 0) is 17.6 Å². The number of ether oxygens (including phenoxy) is 1. The number of thiazole rings is 1. The van der Waals surface area contributed by atoms with Crippen molar-refractivity contribution in [2.24, 2.45) is 0 Å². The third-order valence-electron chi connectivity index (χ3n) is 4.28. The fraction of sp³-hybridized carbons (Fsp3) is 0.238. The first-order valence-electron chi connectivity index (χ1n) is 9.13. The summed E-state index contributed by atoms with van der Waals surface area (Å²) in [5.74, 6) is -0.437. The van der Waals surface area contributed by atoms with Crippen molar-refractivity contribution >= 4 is 45.6 Å². The molecule has 1 unspecified atom stereocenters. The van der Waals surface area contributed by atoms with E-state index < -0.39 is 17.0 Å². The van der Waals surface area contributed by atoms with Crippen LogP contribution in [0.4, 0.5) is 5.69 Å². The molecule has 1 atom stereocenters. The summed E-state index contributed by atoms with van der Waals surface area (Å²) >= 11 is 7.70. The molecule has 1 N–H and O–H groups in total. The van der Waals surface area contributed by atoms with Crippen LogP contribution in [0.5, 0.6) is 5.75 Å². The predicted molar refractivity (Wildman–Crippen MR) is 120 cm³/mol. The topological polar surface area (TPSA) is 79.7 Å². The smallest absolute Gasteiger partial charge is 0.335 e. The quantitative estimate of drug-likeness (QED) is 0.488. The second-order valence-corrected chi connectivity index (χ2v) is 9.67. The molecule has 3 rings (SSSR count). The number of nitrogens with zero attached hydrogens (tertiary/aromatic N) is 2. The van der Waals surface area contributed by atoms with Gasteiger partial charge in [0.05, 0.1) is 11.3 Å². The van der Waals surface area contributed by atoms with Crippen LogP contribution in [0.2, 0.25) is 5.02 Å². The van der Waals surface area contributed by atoms with E-state index in [1.54, 1.807) is 34.1 Å². The molecular weight excluding hydrogens is 444 g/mol. The number of carboxylic acid groups (broad SMARTS) is 1. The fourth-order valence-electron chi connectivity index (χ4n) is 2.78. The van der Waals surface area contributed by atoms with E-state index in [4.69, 9.17) is 21.4 Å². The lowest BCUT2D eigenvalue weighted by molar-refractivity contribution is 0.0697. The van der Waals surface area contributed by atoms with Crippen molar-refractivity contribution in [3.05, 3.63) is 69.7 Å². The lowest BCUT2D eigenvalue weighted by Crippen LogP contribution is -2.33. The van der Waals surface area contributed by atoms with E-state index in [2.05, 4.69) is 4.98 Å². The third kappa shape index (κ3) is 5.00. The molecule has 2 aromatic carbocycles. The lowest BCUT2D eigenvalue weighted by atomic mass is 10.1. The first-order chi connectivity index (χ1) is 14.3. The van der Waals surface area contributed by atoms with Gasteiger partial charge < -0.3 is 9.84 Å². The Kier molecular flexibility index (Phi) is 7.12. The average molecular weight is 465 g/mol. The number of rotatable bonds is 8. The van der Waals surface area contributed by atoms with Gasteiger partial charge in [-0.1, -0.05) is 23.7 Å². The highest BCUT2D eigenvalue weighted by Crippen LogP contribution is 2.37. The Morgan fingerprint density at radius 2 is 2.00 bits per heavy atom. The number of carboxylic acids is 1. The van der Waals surface area contributed by atoms with Gasteiger partial charge in [0.1, 0.15) is 12.4 Å². The van der Waals surface area contributed by atoms with Gasteiger partial charge in [0.15, 0.2) is 11.0 Å². The standard InChI is InChI=1S/C21H21ClN2O4S2/c1-13(2)24(30(27)21-23-8-9-29-21)18-11-17(22)14(3)10-19(18)28-12-15-4-6-16(7-5-15)20(25)26/h4-11,13H,12H2,1-3H3,(H,25,26). The number of hydrogen-bond donors (Lipinski definition) is 1. The minimum atomic E-state index is -1.52. The van der Waals surface area contributed by atoms with Gasteiger partial charge in [-0.25, -0.2) is 14.0 Å². The Labute approximate surface area is 186 Å². The zero-order chi connectivity index (χ0) is 21.8. The van der Waals surface area contributed by atoms with Gasteiger partial charge in [-0.3, -0.25) is 4.31 Å². The molecular formula is C21H21ClN2O4S2. The SMILES string of the molecule is Cc1cc(OCc2ccc(C(=O)O)cc2)c(N(C(C)C)S(=O)c2nccs2)cc1Cl. The number of aromatic carboxylic acids is 1. The summed E-state index contributed by atoms with van der Waals surface area (Å²) < 4.78 is 21.5. The summed E-state index contributed by atoms with van der Waals surface area (Å²) in [7, 11) is -1.52. The maximum Gasteiger partial charge on any atom is 0.335 e. The highest BCUT2D eigenvalue weighted by atomic mass is 35.5. The molecule has 0 aliphatic rings. The number of anilines is 1. The normalized spacial score (nSPS) is 12.0. The van der Waals surface area contributed by atoms with Gasteiger partial charge in [-0.2, -0.15) is 0 Å². The molecule has 0 spiro atoms. The maximum absolute atomic E-state index is 13.2. The molecule has 30 heavy (non-hydrogen) atoms. The van der Waals surface area contributed by atoms with Crippen LogP contribution in [0.1, 0.15) is 35.3 Å². The Morgan fingerprint density at radius 1 is 1.30 bits per heavy atom. The van der Waals surface area contributed by atoms with E-state index in [0.717, 1.165) is 11.1 Å². The van der Waals surface area contributed by atoms with E-state index in [-0.39, 0.29) is 18.2 Å². The lowest BCUT2D eigenvalue weighted by Gasteiger charge is -2.28. The Morgan fingerprint density at radius 3 is 2.57 bits per heavy atom. The molecule has 1 heterocycles. The molecule has 9 heteroatoms. The van der Waals surface area contributed by atoms with Crippen molar-refractivity contribution in [1.82, 2.24) is 4.98 Å². The van der Waals surface area contributed by atoms with E-state index in [9.17, 15) is 9.00 Å². The van der Waals surface area contributed by atoms with Crippen molar-refractivity contribution in [3.8, 4) is 5.75 Å². The zero-order valence-electron chi connectivity index (χ0n) is 16.7. The molecule has 0 radical (unpaired) electrons. The van der Waals surface area contributed by atoms with Crippen LogP contribution in [0.3, 0.4) is 0 Å². The maximum atomic E-state index is 13.2. The molecule has 6 nitrogen and oxygen atoms in total. The first kappa shape index (κ1) is 22.3. The molecule has 0 saturated carbocycles. The van der Waals surface area contributed by atoms with Crippen LogP contribution in [0, 0.1) is 6.92 Å². The van der Waals surface area contributed by atoms with Gasteiger partial charge in [0.25, 0.3) is 0 Å². The van der Waals surface area contributed by atoms with E-state index in [1.807, 2.05) is 26.8 Å². The molecule has 0 aliphatic carbocycles. The highest BCUT2D eigenvalue weighted by molar-refractivity contribution is 7.88. The van der Waals surface area contributed by atoms with Gasteiger partial charge in [-0.15, -0.1) is 11.3 Å². The predicted octanol–water partition coefficient (Wildman–Crippen LogP) is 5.32. The van der Waals surface area contributed by atoms with Crippen molar-refractivity contribution < 1.29 is 18.8 Å². The largest absolute Gasteiger partial charge is 0.487 e. The molecule has 0 saturated heterocycles. The minimum Gasteiger partial charge on any atom is -0.487 e. The van der Waals surface area contributed by atoms with Gasteiger partial charge >= 0.3 is 5.97 Å². The Hall–Kier alpha value is -2.42. The van der Waals surface area contributed by atoms with Crippen molar-refractivity contribution in [2.45, 2.75) is 37.8 Å². The van der Waals surface area contributed by atoms with Crippen LogP contribution in [0.25, 0.3) is 0 Å². The highest BCUT2D eigenvalue weighted by Gasteiger charge is 2.25. The average Bonchev–Trinajstić information content (AvgIpc) is 3.24. The van der Waals surface area contributed by atoms with E-state index in [0.29, 0.717) is 20.8 Å². The number of aryl methyl sites for hydroxylation is 1. The molecule has 1 aromatic heterocycles. The van der Waals surface area contributed by atoms with Crippen LogP contribution in [0.15, 0.2) is 52.3 Å². The third-order valence-corrected chi connectivity index (χ3v) is 7.35. The molecule has 0 amide bonds. The van der Waals surface area contributed by atoms with Crippen LogP contribution >= 0.6 is 22.9 Å². The minimum absolute atomic E-state index is 0.106. The summed E-state index contributed by atoms with van der Waals surface area (Å²) in [6, 6.07) is 9.95. The Bertz CT molecular complexity index is 1050. The van der Waals surface area contributed by atoms with Crippen molar-refractivity contribution in [2.75, 3.05) is 4.31 Å². The fourth-order valence-corrected chi connectivity index (χ4v) is 5.05. The molecule has 3 aromatic rings. The molecule has 0 aliphatic heterocycles. The van der Waals surface area contributed by atoms with E-state index in [1.165, 1.54) is 23.5 Å². The summed E-state index contributed by atoms with van der Waals surface area (Å²) in [6.07, 6.45) is 1.62. The first-order valence-corrected chi connectivity index (χ1v) is 11.5. The van der Waals surface area contributed by atoms with Crippen LogP contribution in [-0.4, -0.2) is 26.3 Å². The number of hydrogen-bond acceptors (Lipinski definition) is 5. The number of carbonyl (C=O) groups is 1. The molecule has 0 fully saturated rings. The van der Waals surface area contributed by atoms with Crippen molar-refractivity contribution in [1.29, 1.82) is 0 Å². The van der Waals surface area contributed by atoms with Gasteiger partial charge in [-0.05, 0) is 56.2 Å². The summed E-state index contributed by atoms with van der Waals surface area (Å²) in [4.78, 5) is 15.2. The molecule has 0 bridgehead atoms. The number of benzene rings is 2. The zero-order valence-corrected chi connectivity index (χ0v) is 19.1. The van der Waals surface area contributed by atoms with E-state index >= 15 is 0 Å². The van der Waals surface area contributed by atoms with Crippen LogP contribution < -0.4 is 9.04 Å². The summed E-state index contributed by atoms with van der Waals surface area (Å²) in [5, 5.41) is 11.4. The Balaban J connectivity index is 1.93. The van der Waals surface area contributed by atoms with Gasteiger partial charge in [0.2, 0.25) is 4.34 Å². The summed E-state index contributed by atoms with van der Waals surface area (Å²) in [6.45, 7) is 5.98. The number of halogens is 1. The number of aromatic nitrogens is 1. The summed E-state index contributed by atoms with van der Waals surface area (Å²) in [5.41, 5.74) is 2.47. The van der Waals surface area contributed by atoms with Gasteiger partial charge in [0, 0.05) is 22.6 Å². The monoisotopic (exact) mass is 464 g/mol. The second-order valence-electron chi connectivity index (χ2n) is 6.83.